The molecule has 0 heterocycles. The number of hydrogen-bond acceptors (Lipinski definition) is 2. The monoisotopic (exact) mass is 216 g/mol. The van der Waals surface area contributed by atoms with E-state index >= 15 is 0 Å². The van der Waals surface area contributed by atoms with Crippen LogP contribution in [0.2, 0.25) is 0 Å². The highest BCUT2D eigenvalue weighted by molar-refractivity contribution is 4.47. The van der Waals surface area contributed by atoms with Crippen LogP contribution < -0.4 is 0 Å². The Morgan fingerprint density at radius 2 is 1.07 bits per heavy atom. The first-order chi connectivity index (χ1) is 7.41. The van der Waals surface area contributed by atoms with E-state index in [1.807, 2.05) is 0 Å². The van der Waals surface area contributed by atoms with E-state index in [2.05, 4.69) is 0 Å². The summed E-state index contributed by atoms with van der Waals surface area (Å²) in [6.07, 6.45) is 12.8. The molecule has 0 spiro atoms. The number of hydrogen-bond donors (Lipinski definition) is 1. The quantitative estimate of drug-likeness (QED) is 0.506. The second-order valence-corrected chi connectivity index (χ2v) is 4.25. The van der Waals surface area contributed by atoms with Gasteiger partial charge in [0.1, 0.15) is 0 Å². The van der Waals surface area contributed by atoms with Crippen molar-refractivity contribution < 1.29 is 9.84 Å². The van der Waals surface area contributed by atoms with Gasteiger partial charge in [-0.05, 0) is 12.8 Å². The van der Waals surface area contributed by atoms with E-state index < -0.39 is 0 Å². The van der Waals surface area contributed by atoms with E-state index in [1.165, 1.54) is 57.8 Å². The molecule has 1 N–H and O–H groups in total. The van der Waals surface area contributed by atoms with E-state index in [9.17, 15) is 0 Å². The lowest BCUT2D eigenvalue weighted by Gasteiger charge is -2.02. The summed E-state index contributed by atoms with van der Waals surface area (Å²) in [6.45, 7) is 1.28. The summed E-state index contributed by atoms with van der Waals surface area (Å²) in [5.41, 5.74) is 0. The summed E-state index contributed by atoms with van der Waals surface area (Å²) in [4.78, 5) is 0. The third kappa shape index (κ3) is 13.9. The van der Waals surface area contributed by atoms with E-state index in [4.69, 9.17) is 9.84 Å². The van der Waals surface area contributed by atoms with E-state index in [-0.39, 0.29) is 0 Å². The lowest BCUT2D eigenvalue weighted by atomic mass is 10.1. The molecule has 0 aliphatic heterocycles. The fourth-order valence-electron chi connectivity index (χ4n) is 1.77. The maximum Gasteiger partial charge on any atom is 0.0462 e. The standard InChI is InChI=1S/C13H28O2/c1-15-13-11-9-7-5-3-2-4-6-8-10-12-14/h14H,2-13H2,1H3. The molecule has 0 rings (SSSR count). The summed E-state index contributed by atoms with van der Waals surface area (Å²) >= 11 is 0. The van der Waals surface area contributed by atoms with Gasteiger partial charge < -0.3 is 9.84 Å². The zero-order chi connectivity index (χ0) is 11.2. The van der Waals surface area contributed by atoms with Crippen LogP contribution in [0.15, 0.2) is 0 Å². The van der Waals surface area contributed by atoms with Crippen molar-refractivity contribution in [2.24, 2.45) is 0 Å². The molecule has 0 aliphatic rings. The van der Waals surface area contributed by atoms with Crippen molar-refractivity contribution in [2.75, 3.05) is 20.3 Å². The van der Waals surface area contributed by atoms with E-state index in [1.54, 1.807) is 7.11 Å². The molecular formula is C13H28O2. The SMILES string of the molecule is COCCCCCCCCCCCCO. The molecule has 0 saturated heterocycles. The highest BCUT2D eigenvalue weighted by Crippen LogP contribution is 2.10. The first-order valence-electron chi connectivity index (χ1n) is 6.51. The third-order valence-corrected chi connectivity index (χ3v) is 2.76. The second-order valence-electron chi connectivity index (χ2n) is 4.25. The molecule has 0 amide bonds. The molecule has 0 atom stereocenters. The fourth-order valence-corrected chi connectivity index (χ4v) is 1.77. The molecule has 92 valence electrons. The van der Waals surface area contributed by atoms with Gasteiger partial charge >= 0.3 is 0 Å². The predicted molar refractivity (Wildman–Crippen MR) is 65.1 cm³/mol. The highest BCUT2D eigenvalue weighted by Gasteiger charge is 1.92. The van der Waals surface area contributed by atoms with Crippen LogP contribution >= 0.6 is 0 Å². The molecule has 0 bridgehead atoms. The van der Waals surface area contributed by atoms with Crippen LogP contribution in [-0.4, -0.2) is 25.4 Å². The maximum atomic E-state index is 8.60. The smallest absolute Gasteiger partial charge is 0.0462 e. The minimum absolute atomic E-state index is 0.361. The van der Waals surface area contributed by atoms with Gasteiger partial charge in [-0.1, -0.05) is 51.4 Å². The van der Waals surface area contributed by atoms with Crippen LogP contribution in [0.25, 0.3) is 0 Å². The average molecular weight is 216 g/mol. The molecular weight excluding hydrogens is 188 g/mol. The number of methoxy groups -OCH3 is 1. The lowest BCUT2D eigenvalue weighted by molar-refractivity contribution is 0.192. The number of ether oxygens (including phenoxy) is 1. The van der Waals surface area contributed by atoms with Gasteiger partial charge in [0.15, 0.2) is 0 Å². The molecule has 0 aromatic carbocycles. The average Bonchev–Trinajstić information content (AvgIpc) is 2.26. The van der Waals surface area contributed by atoms with Gasteiger partial charge in [-0.3, -0.25) is 0 Å². The van der Waals surface area contributed by atoms with Crippen LogP contribution in [0.5, 0.6) is 0 Å². The molecule has 0 aromatic heterocycles. The Hall–Kier alpha value is -0.0800. The molecule has 15 heavy (non-hydrogen) atoms. The van der Waals surface area contributed by atoms with Crippen molar-refractivity contribution in [3.63, 3.8) is 0 Å². The zero-order valence-electron chi connectivity index (χ0n) is 10.3. The molecule has 0 saturated carbocycles. The molecule has 0 aromatic rings. The summed E-state index contributed by atoms with van der Waals surface area (Å²) < 4.78 is 5.00. The molecule has 2 nitrogen and oxygen atoms in total. The first-order valence-corrected chi connectivity index (χ1v) is 6.51. The van der Waals surface area contributed by atoms with Crippen molar-refractivity contribution in [2.45, 2.75) is 64.2 Å². The van der Waals surface area contributed by atoms with Crippen molar-refractivity contribution in [1.82, 2.24) is 0 Å². The molecule has 0 unspecified atom stereocenters. The number of rotatable bonds is 12. The summed E-state index contributed by atoms with van der Waals surface area (Å²) in [5, 5.41) is 8.60. The topological polar surface area (TPSA) is 29.5 Å². The van der Waals surface area contributed by atoms with Gasteiger partial charge in [-0.25, -0.2) is 0 Å². The maximum absolute atomic E-state index is 8.60. The molecule has 2 heteroatoms. The lowest BCUT2D eigenvalue weighted by Crippen LogP contribution is -1.88. The van der Waals surface area contributed by atoms with Crippen molar-refractivity contribution in [1.29, 1.82) is 0 Å². The molecule has 0 radical (unpaired) electrons. The van der Waals surface area contributed by atoms with Gasteiger partial charge in [0, 0.05) is 20.3 Å². The Morgan fingerprint density at radius 1 is 0.667 bits per heavy atom. The van der Waals surface area contributed by atoms with Crippen LogP contribution in [0.4, 0.5) is 0 Å². The third-order valence-electron chi connectivity index (χ3n) is 2.76. The van der Waals surface area contributed by atoms with Crippen LogP contribution in [0.3, 0.4) is 0 Å². The number of aliphatic hydroxyl groups excluding tert-OH is 1. The molecule has 0 fully saturated rings. The minimum Gasteiger partial charge on any atom is -0.396 e. The van der Waals surface area contributed by atoms with Gasteiger partial charge in [-0.2, -0.15) is 0 Å². The Bertz CT molecular complexity index is 92.7. The van der Waals surface area contributed by atoms with Crippen LogP contribution in [0, 0.1) is 0 Å². The summed E-state index contributed by atoms with van der Waals surface area (Å²) in [5.74, 6) is 0. The Morgan fingerprint density at radius 3 is 1.47 bits per heavy atom. The zero-order valence-corrected chi connectivity index (χ0v) is 10.3. The van der Waals surface area contributed by atoms with E-state index in [0.29, 0.717) is 6.61 Å². The normalized spacial score (nSPS) is 10.8. The predicted octanol–water partition coefficient (Wildman–Crippen LogP) is 3.53. The van der Waals surface area contributed by atoms with Gasteiger partial charge in [-0.15, -0.1) is 0 Å². The largest absolute Gasteiger partial charge is 0.396 e. The second kappa shape index (κ2) is 13.9. The van der Waals surface area contributed by atoms with Crippen molar-refractivity contribution in [3.8, 4) is 0 Å². The summed E-state index contributed by atoms with van der Waals surface area (Å²) in [7, 11) is 1.77. The van der Waals surface area contributed by atoms with Gasteiger partial charge in [0.25, 0.3) is 0 Å². The Balaban J connectivity index is 2.81. The van der Waals surface area contributed by atoms with Crippen molar-refractivity contribution >= 4 is 0 Å². The van der Waals surface area contributed by atoms with Crippen LogP contribution in [-0.2, 0) is 4.74 Å². The van der Waals surface area contributed by atoms with Crippen LogP contribution in [0.1, 0.15) is 64.2 Å². The number of unbranched alkanes of at least 4 members (excludes halogenated alkanes) is 9. The number of aliphatic hydroxyl groups is 1. The minimum atomic E-state index is 0.361. The fraction of sp³-hybridized carbons (Fsp3) is 1.00. The first kappa shape index (κ1) is 14.9. The van der Waals surface area contributed by atoms with Crippen molar-refractivity contribution in [3.05, 3.63) is 0 Å². The van der Waals surface area contributed by atoms with E-state index in [0.717, 1.165) is 13.0 Å². The summed E-state index contributed by atoms with van der Waals surface area (Å²) in [6, 6.07) is 0. The highest BCUT2D eigenvalue weighted by atomic mass is 16.5. The Kier molecular flexibility index (Phi) is 13.8. The Labute approximate surface area is 95.0 Å². The van der Waals surface area contributed by atoms with Gasteiger partial charge in [0.05, 0.1) is 0 Å². The molecule has 0 aliphatic carbocycles. The van der Waals surface area contributed by atoms with Gasteiger partial charge in [0.2, 0.25) is 0 Å².